The third-order valence-corrected chi connectivity index (χ3v) is 6.04. The number of hydrogen-bond donors (Lipinski definition) is 2. The Balaban J connectivity index is 2.18. The predicted molar refractivity (Wildman–Crippen MR) is 103 cm³/mol. The maximum absolute atomic E-state index is 12.5. The smallest absolute Gasteiger partial charge is 0.242 e. The molecule has 0 aliphatic carbocycles. The van der Waals surface area contributed by atoms with Gasteiger partial charge in [0, 0.05) is 25.3 Å². The minimum Gasteiger partial charge on any atom is -0.378 e. The van der Waals surface area contributed by atoms with E-state index < -0.39 is 10.0 Å². The van der Waals surface area contributed by atoms with E-state index in [0.717, 1.165) is 16.2 Å². The topological polar surface area (TPSA) is 53.9 Å². The minimum atomic E-state index is -3.65. The minimum absolute atomic E-state index is 0.00604. The molecule has 2 aromatic rings. The molecule has 0 amide bonds. The first kappa shape index (κ1) is 19.7. The van der Waals surface area contributed by atoms with Gasteiger partial charge in [-0.25, -0.2) is 13.1 Å². The van der Waals surface area contributed by atoms with Crippen molar-refractivity contribution in [1.82, 2.24) is 4.72 Å². The second-order valence-electron chi connectivity index (χ2n) is 6.40. The zero-order chi connectivity index (χ0) is 18.6. The number of quaternary nitrogens is 1. The molecule has 0 saturated carbocycles. The van der Waals surface area contributed by atoms with Crippen LogP contribution in [0.15, 0.2) is 53.4 Å². The van der Waals surface area contributed by atoms with Crippen LogP contribution in [0.4, 0.5) is 5.69 Å². The van der Waals surface area contributed by atoms with E-state index in [1.54, 1.807) is 18.2 Å². The van der Waals surface area contributed by atoms with Crippen LogP contribution < -0.4 is 14.5 Å². The Morgan fingerprint density at radius 3 is 2.20 bits per heavy atom. The summed E-state index contributed by atoms with van der Waals surface area (Å²) in [6, 6.07) is 14.6. The lowest BCUT2D eigenvalue weighted by molar-refractivity contribution is -0.890. The summed E-state index contributed by atoms with van der Waals surface area (Å²) in [7, 11) is 4.34. The molecular weight excluding hydrogens is 358 g/mol. The highest BCUT2D eigenvalue weighted by molar-refractivity contribution is 7.89. The lowest BCUT2D eigenvalue weighted by Gasteiger charge is -2.23. The van der Waals surface area contributed by atoms with Crippen LogP contribution in [0.2, 0.25) is 5.02 Å². The van der Waals surface area contributed by atoms with Crippen LogP contribution in [0.5, 0.6) is 0 Å². The van der Waals surface area contributed by atoms with Crippen LogP contribution in [0, 0.1) is 0 Å². The van der Waals surface area contributed by atoms with Crippen molar-refractivity contribution >= 4 is 27.3 Å². The van der Waals surface area contributed by atoms with Crippen LogP contribution in [-0.4, -0.2) is 43.2 Å². The highest BCUT2D eigenvalue weighted by atomic mass is 35.5. The molecule has 2 aromatic carbocycles. The van der Waals surface area contributed by atoms with E-state index in [0.29, 0.717) is 0 Å². The molecule has 0 aliphatic rings. The van der Waals surface area contributed by atoms with Crippen LogP contribution in [0.3, 0.4) is 0 Å². The average Bonchev–Trinajstić information content (AvgIpc) is 2.55. The first-order chi connectivity index (χ1) is 11.7. The Bertz CT molecular complexity index is 805. The van der Waals surface area contributed by atoms with E-state index in [9.17, 15) is 8.42 Å². The fourth-order valence-corrected chi connectivity index (χ4v) is 4.16. The monoisotopic (exact) mass is 382 g/mol. The first-order valence-corrected chi connectivity index (χ1v) is 9.90. The van der Waals surface area contributed by atoms with Gasteiger partial charge in [0.25, 0.3) is 0 Å². The van der Waals surface area contributed by atoms with E-state index in [1.165, 1.54) is 6.07 Å². The van der Waals surface area contributed by atoms with Gasteiger partial charge in [0.2, 0.25) is 10.0 Å². The van der Waals surface area contributed by atoms with Gasteiger partial charge in [0.05, 0.1) is 25.7 Å². The van der Waals surface area contributed by atoms with Gasteiger partial charge in [0.1, 0.15) is 10.9 Å². The molecule has 5 nitrogen and oxygen atoms in total. The van der Waals surface area contributed by atoms with Crippen molar-refractivity contribution in [2.45, 2.75) is 10.9 Å². The largest absolute Gasteiger partial charge is 0.378 e. The first-order valence-electron chi connectivity index (χ1n) is 8.04. The van der Waals surface area contributed by atoms with E-state index in [1.807, 2.05) is 57.4 Å². The Morgan fingerprint density at radius 2 is 1.68 bits per heavy atom. The van der Waals surface area contributed by atoms with E-state index >= 15 is 0 Å². The molecule has 0 saturated heterocycles. The molecule has 0 aliphatic heterocycles. The van der Waals surface area contributed by atoms with Crippen LogP contribution in [0.1, 0.15) is 11.6 Å². The van der Waals surface area contributed by atoms with E-state index in [4.69, 9.17) is 11.6 Å². The molecule has 0 radical (unpaired) electrons. The molecule has 136 valence electrons. The number of rotatable bonds is 7. The van der Waals surface area contributed by atoms with Crippen molar-refractivity contribution in [1.29, 1.82) is 0 Å². The summed E-state index contributed by atoms with van der Waals surface area (Å²) in [5.41, 5.74) is 2.18. The van der Waals surface area contributed by atoms with Gasteiger partial charge in [-0.05, 0) is 24.3 Å². The normalized spacial score (nSPS) is 13.0. The number of anilines is 1. The summed E-state index contributed by atoms with van der Waals surface area (Å²) in [6.07, 6.45) is 0. The van der Waals surface area contributed by atoms with E-state index in [-0.39, 0.29) is 22.5 Å². The lowest BCUT2D eigenvalue weighted by Crippen LogP contribution is -3.07. The summed E-state index contributed by atoms with van der Waals surface area (Å²) >= 11 is 6.02. The number of hydrogen-bond acceptors (Lipinski definition) is 3. The Labute approximate surface area is 155 Å². The molecule has 1 atom stereocenters. The standard InChI is InChI=1S/C18H24ClN3O2S/c1-21(2)15-11-9-14(10-12-15)17(22(3)4)13-20-25(23,24)18-8-6-5-7-16(18)19/h5-12,17,20H,13H2,1-4H3/p+1/t17-/m1/s1. The second kappa shape index (κ2) is 8.19. The molecule has 0 unspecified atom stereocenters. The van der Waals surface area contributed by atoms with Crippen molar-refractivity contribution in [2.24, 2.45) is 0 Å². The summed E-state index contributed by atoms with van der Waals surface area (Å²) in [4.78, 5) is 3.27. The molecular formula is C18H25ClN3O2S+. The summed E-state index contributed by atoms with van der Waals surface area (Å²) in [5.74, 6) is 0. The van der Waals surface area contributed by atoms with Gasteiger partial charge < -0.3 is 9.80 Å². The average molecular weight is 383 g/mol. The second-order valence-corrected chi connectivity index (χ2v) is 8.54. The van der Waals surface area contributed by atoms with Gasteiger partial charge in [-0.1, -0.05) is 35.9 Å². The van der Waals surface area contributed by atoms with Crippen molar-refractivity contribution < 1.29 is 13.3 Å². The summed E-state index contributed by atoms with van der Waals surface area (Å²) in [6.45, 7) is 0.289. The van der Waals surface area contributed by atoms with Gasteiger partial charge in [-0.3, -0.25) is 0 Å². The molecule has 0 fully saturated rings. The highest BCUT2D eigenvalue weighted by Crippen LogP contribution is 2.21. The quantitative estimate of drug-likeness (QED) is 0.764. The van der Waals surface area contributed by atoms with E-state index in [2.05, 4.69) is 4.72 Å². The fraction of sp³-hybridized carbons (Fsp3) is 0.333. The maximum Gasteiger partial charge on any atom is 0.242 e. The molecule has 0 aromatic heterocycles. The Morgan fingerprint density at radius 1 is 1.08 bits per heavy atom. The van der Waals surface area contributed by atoms with Crippen molar-refractivity contribution in [3.05, 3.63) is 59.1 Å². The Kier molecular flexibility index (Phi) is 6.46. The maximum atomic E-state index is 12.5. The van der Waals surface area contributed by atoms with Crippen LogP contribution >= 0.6 is 11.6 Å². The molecule has 2 rings (SSSR count). The molecule has 25 heavy (non-hydrogen) atoms. The van der Waals surface area contributed by atoms with Gasteiger partial charge >= 0.3 is 0 Å². The number of sulfonamides is 1. The van der Waals surface area contributed by atoms with Gasteiger partial charge in [0.15, 0.2) is 0 Å². The molecule has 0 bridgehead atoms. The number of halogens is 1. The van der Waals surface area contributed by atoms with Crippen LogP contribution in [-0.2, 0) is 10.0 Å². The molecule has 2 N–H and O–H groups in total. The SMILES string of the molecule is CN(C)c1ccc([C@@H](CNS(=O)(=O)c2ccccc2Cl)[NH+](C)C)cc1. The molecule has 7 heteroatoms. The zero-order valence-corrected chi connectivity index (χ0v) is 16.5. The molecule has 0 spiro atoms. The van der Waals surface area contributed by atoms with Crippen molar-refractivity contribution in [2.75, 3.05) is 39.6 Å². The van der Waals surface area contributed by atoms with Gasteiger partial charge in [-0.2, -0.15) is 0 Å². The number of nitrogens with one attached hydrogen (secondary N) is 2. The summed E-state index contributed by atoms with van der Waals surface area (Å²) in [5, 5.41) is 0.221. The molecule has 0 heterocycles. The number of benzene rings is 2. The third kappa shape index (κ3) is 4.95. The Hall–Kier alpha value is -1.60. The lowest BCUT2D eigenvalue weighted by atomic mass is 10.1. The van der Waals surface area contributed by atoms with Crippen LogP contribution in [0.25, 0.3) is 0 Å². The predicted octanol–water partition coefficient (Wildman–Crippen LogP) is 1.57. The number of likely N-dealkylation sites (N-methyl/N-ethyl adjacent to an activating group) is 1. The highest BCUT2D eigenvalue weighted by Gasteiger charge is 2.23. The fourth-order valence-electron chi connectivity index (χ4n) is 2.59. The summed E-state index contributed by atoms with van der Waals surface area (Å²) < 4.78 is 27.8. The zero-order valence-electron chi connectivity index (χ0n) is 15.0. The van der Waals surface area contributed by atoms with Crippen molar-refractivity contribution in [3.8, 4) is 0 Å². The van der Waals surface area contributed by atoms with Gasteiger partial charge in [-0.15, -0.1) is 0 Å². The third-order valence-electron chi connectivity index (χ3n) is 4.11. The van der Waals surface area contributed by atoms with Crippen molar-refractivity contribution in [3.63, 3.8) is 0 Å². The number of nitrogens with zero attached hydrogens (tertiary/aromatic N) is 1.